The van der Waals surface area contributed by atoms with Crippen LogP contribution >= 0.6 is 0 Å². The number of aromatic nitrogens is 1. The molecule has 0 radical (unpaired) electrons. The maximum atomic E-state index is 13.2. The summed E-state index contributed by atoms with van der Waals surface area (Å²) in [4.78, 5) is 13.2. The van der Waals surface area contributed by atoms with Crippen LogP contribution in [0.25, 0.3) is 10.9 Å². The quantitative estimate of drug-likeness (QED) is 0.891. The first-order valence-electron chi connectivity index (χ1n) is 9.11. The second-order valence-corrected chi connectivity index (χ2v) is 7.31. The number of nitrogens with one attached hydrogen (secondary N) is 1. The van der Waals surface area contributed by atoms with Gasteiger partial charge in [-0.1, -0.05) is 0 Å². The van der Waals surface area contributed by atoms with Crippen molar-refractivity contribution in [2.45, 2.75) is 25.5 Å². The minimum Gasteiger partial charge on any atom is -0.497 e. The van der Waals surface area contributed by atoms with Gasteiger partial charge in [0, 0.05) is 55.2 Å². The van der Waals surface area contributed by atoms with Gasteiger partial charge in [0.1, 0.15) is 5.75 Å². The van der Waals surface area contributed by atoms with Gasteiger partial charge < -0.3 is 24.1 Å². The second kappa shape index (κ2) is 6.59. The number of carbonyl (C=O) groups is 1. The number of aryl methyl sites for hydroxylation is 1. The van der Waals surface area contributed by atoms with E-state index in [4.69, 9.17) is 14.2 Å². The number of rotatable bonds is 5. The summed E-state index contributed by atoms with van der Waals surface area (Å²) < 4.78 is 18.6. The Bertz CT molecular complexity index is 844. The molecule has 1 amide bonds. The van der Waals surface area contributed by atoms with E-state index in [1.54, 1.807) is 14.2 Å². The van der Waals surface area contributed by atoms with Gasteiger partial charge in [0.15, 0.2) is 0 Å². The fourth-order valence-electron chi connectivity index (χ4n) is 4.62. The highest BCUT2D eigenvalue weighted by Crippen LogP contribution is 2.44. The summed E-state index contributed by atoms with van der Waals surface area (Å²) in [6.07, 6.45) is 1.21. The van der Waals surface area contributed by atoms with Crippen molar-refractivity contribution in [3.8, 4) is 5.75 Å². The smallest absolute Gasteiger partial charge is 0.253 e. The van der Waals surface area contributed by atoms with Crippen LogP contribution < -0.4 is 10.1 Å². The van der Waals surface area contributed by atoms with Crippen LogP contribution in [0, 0.1) is 18.8 Å². The molecule has 1 aliphatic heterocycles. The van der Waals surface area contributed by atoms with Crippen LogP contribution in [0.15, 0.2) is 18.2 Å². The number of benzene rings is 1. The Kier molecular flexibility index (Phi) is 4.40. The molecule has 0 spiro atoms. The van der Waals surface area contributed by atoms with Crippen LogP contribution in [0.1, 0.15) is 22.5 Å². The van der Waals surface area contributed by atoms with Crippen molar-refractivity contribution in [3.63, 3.8) is 0 Å². The van der Waals surface area contributed by atoms with Gasteiger partial charge in [0.25, 0.3) is 5.91 Å². The Morgan fingerprint density at radius 1 is 1.38 bits per heavy atom. The number of amides is 1. The third kappa shape index (κ3) is 2.51. The molecule has 4 atom stereocenters. The monoisotopic (exact) mass is 358 g/mol. The lowest BCUT2D eigenvalue weighted by Crippen LogP contribution is -2.62. The highest BCUT2D eigenvalue weighted by atomic mass is 16.5. The van der Waals surface area contributed by atoms with Crippen molar-refractivity contribution in [2.75, 3.05) is 27.4 Å². The molecular weight excluding hydrogens is 332 g/mol. The van der Waals surface area contributed by atoms with Gasteiger partial charge in [-0.3, -0.25) is 4.79 Å². The lowest BCUT2D eigenvalue weighted by Gasteiger charge is -2.47. The number of ether oxygens (including phenoxy) is 3. The normalized spacial score (nSPS) is 27.2. The predicted molar refractivity (Wildman–Crippen MR) is 98.7 cm³/mol. The molecule has 1 saturated carbocycles. The van der Waals surface area contributed by atoms with E-state index in [0.29, 0.717) is 12.5 Å². The van der Waals surface area contributed by atoms with Crippen molar-refractivity contribution < 1.29 is 19.0 Å². The number of carbonyl (C=O) groups excluding carboxylic acids is 1. The van der Waals surface area contributed by atoms with E-state index in [1.165, 1.54) is 0 Å². The molecule has 1 N–H and O–H groups in total. The van der Waals surface area contributed by atoms with E-state index in [0.717, 1.165) is 40.9 Å². The van der Waals surface area contributed by atoms with Gasteiger partial charge in [-0.2, -0.15) is 0 Å². The molecule has 4 rings (SSSR count). The van der Waals surface area contributed by atoms with E-state index in [2.05, 4.69) is 9.88 Å². The topological polar surface area (TPSA) is 61.7 Å². The highest BCUT2D eigenvalue weighted by Gasteiger charge is 2.54. The molecule has 2 aliphatic rings. The molecule has 1 aromatic carbocycles. The van der Waals surface area contributed by atoms with E-state index in [1.807, 2.05) is 32.2 Å². The summed E-state index contributed by atoms with van der Waals surface area (Å²) in [5.41, 5.74) is 2.70. The van der Waals surface area contributed by atoms with Crippen LogP contribution in [0.2, 0.25) is 0 Å². The average Bonchev–Trinajstić information content (AvgIpc) is 3.17. The van der Waals surface area contributed by atoms with Crippen molar-refractivity contribution in [3.05, 3.63) is 29.5 Å². The third-order valence-electron chi connectivity index (χ3n) is 6.11. The molecule has 1 aromatic heterocycles. The molecule has 2 fully saturated rings. The van der Waals surface area contributed by atoms with E-state index in [9.17, 15) is 4.79 Å². The van der Waals surface area contributed by atoms with Crippen LogP contribution in [0.3, 0.4) is 0 Å². The molecule has 0 unspecified atom stereocenters. The van der Waals surface area contributed by atoms with Crippen molar-refractivity contribution in [1.29, 1.82) is 0 Å². The second-order valence-electron chi connectivity index (χ2n) is 7.31. The fraction of sp³-hybridized carbons (Fsp3) is 0.550. The van der Waals surface area contributed by atoms with E-state index >= 15 is 0 Å². The number of fused-ring (bicyclic) bond motifs is 2. The summed E-state index contributed by atoms with van der Waals surface area (Å²) >= 11 is 0. The molecule has 1 aliphatic carbocycles. The Morgan fingerprint density at radius 2 is 2.19 bits per heavy atom. The minimum atomic E-state index is -0.0298. The van der Waals surface area contributed by atoms with Gasteiger partial charge in [0.05, 0.1) is 25.4 Å². The van der Waals surface area contributed by atoms with Gasteiger partial charge in [-0.25, -0.2) is 0 Å². The molecular formula is C20H26N2O4. The minimum absolute atomic E-state index is 0.0298. The maximum absolute atomic E-state index is 13.2. The number of hydrogen-bond acceptors (Lipinski definition) is 4. The van der Waals surface area contributed by atoms with Crippen molar-refractivity contribution in [2.24, 2.45) is 18.9 Å². The Balaban J connectivity index is 1.65. The van der Waals surface area contributed by atoms with Crippen molar-refractivity contribution in [1.82, 2.24) is 9.88 Å². The molecule has 140 valence electrons. The molecule has 0 bridgehead atoms. The number of nitrogens with zero attached hydrogens (tertiary/aromatic N) is 1. The van der Waals surface area contributed by atoms with Gasteiger partial charge in [0.2, 0.25) is 0 Å². The van der Waals surface area contributed by atoms with Crippen LogP contribution in [0.4, 0.5) is 0 Å². The summed E-state index contributed by atoms with van der Waals surface area (Å²) in [6.45, 7) is 3.36. The summed E-state index contributed by atoms with van der Waals surface area (Å²) in [5.74, 6) is 1.34. The summed E-state index contributed by atoms with van der Waals surface area (Å²) in [5, 5.41) is 4.19. The zero-order chi connectivity index (χ0) is 18.4. The molecule has 26 heavy (non-hydrogen) atoms. The molecule has 6 nitrogen and oxygen atoms in total. The number of methoxy groups -OCH3 is 2. The lowest BCUT2D eigenvalue weighted by molar-refractivity contribution is -0.0809. The van der Waals surface area contributed by atoms with Crippen LogP contribution in [-0.4, -0.2) is 50.1 Å². The van der Waals surface area contributed by atoms with Gasteiger partial charge in [-0.15, -0.1) is 0 Å². The highest BCUT2D eigenvalue weighted by molar-refractivity contribution is 6.09. The molecule has 6 heteroatoms. The standard InChI is InChI=1S/C20H26N2O4/c1-11-17(14-9-12(25-4)5-6-16(14)22(11)2)20(23)21-18-13-7-8-26-19(13)15(18)10-24-3/h5-6,9,13,15,18-19H,7-8,10H2,1-4H3,(H,21,23)/t13-,15+,18+,19-/m1/s1. The molecule has 2 aromatic rings. The summed E-state index contributed by atoms with van der Waals surface area (Å²) in [7, 11) is 5.32. The Hall–Kier alpha value is -2.05. The molecule has 2 heterocycles. The SMILES string of the molecule is COC[C@H]1[C@@H](NC(=O)c2c(C)n(C)c3ccc(OC)cc23)[C@H]2CCO[C@H]21. The van der Waals surface area contributed by atoms with E-state index in [-0.39, 0.29) is 24.0 Å². The molecule has 1 saturated heterocycles. The predicted octanol–water partition coefficient (Wildman–Crippen LogP) is 2.28. The zero-order valence-electron chi connectivity index (χ0n) is 15.7. The van der Waals surface area contributed by atoms with Gasteiger partial charge in [-0.05, 0) is 31.5 Å². The van der Waals surface area contributed by atoms with Crippen LogP contribution in [-0.2, 0) is 16.5 Å². The first-order chi connectivity index (χ1) is 12.6. The van der Waals surface area contributed by atoms with Gasteiger partial charge >= 0.3 is 0 Å². The maximum Gasteiger partial charge on any atom is 0.253 e. The largest absolute Gasteiger partial charge is 0.497 e. The fourth-order valence-corrected chi connectivity index (χ4v) is 4.62. The third-order valence-corrected chi connectivity index (χ3v) is 6.11. The average molecular weight is 358 g/mol. The zero-order valence-corrected chi connectivity index (χ0v) is 15.7. The summed E-state index contributed by atoms with van der Waals surface area (Å²) in [6, 6.07) is 5.96. The Morgan fingerprint density at radius 3 is 2.92 bits per heavy atom. The van der Waals surface area contributed by atoms with Crippen LogP contribution in [0.5, 0.6) is 5.75 Å². The first-order valence-corrected chi connectivity index (χ1v) is 9.11. The van der Waals surface area contributed by atoms with Crippen molar-refractivity contribution >= 4 is 16.8 Å². The number of hydrogen-bond donors (Lipinski definition) is 1. The lowest BCUT2D eigenvalue weighted by atomic mass is 9.67. The van der Waals surface area contributed by atoms with E-state index < -0.39 is 0 Å². The first kappa shape index (κ1) is 17.4. The Labute approximate surface area is 153 Å².